The zero-order chi connectivity index (χ0) is 19.8. The molecule has 5 unspecified atom stereocenters. The van der Waals surface area contributed by atoms with Crippen molar-refractivity contribution in [2.75, 3.05) is 6.61 Å². The molecule has 2 aliphatic heterocycles. The van der Waals surface area contributed by atoms with Crippen LogP contribution in [0.2, 0.25) is 0 Å². The number of alkyl halides is 1. The molecule has 0 radical (unpaired) electrons. The van der Waals surface area contributed by atoms with E-state index in [1.165, 1.54) is 12.1 Å². The Morgan fingerprint density at radius 1 is 1.33 bits per heavy atom. The van der Waals surface area contributed by atoms with Crippen molar-refractivity contribution in [3.8, 4) is 0 Å². The van der Waals surface area contributed by atoms with Crippen LogP contribution in [0.1, 0.15) is 19.4 Å². The summed E-state index contributed by atoms with van der Waals surface area (Å²) in [7, 11) is -4.13. The highest BCUT2D eigenvalue weighted by molar-refractivity contribution is 7.86. The smallest absolute Gasteiger partial charge is 0.297 e. The Balaban J connectivity index is 1.68. The van der Waals surface area contributed by atoms with E-state index in [1.807, 2.05) is 6.92 Å². The number of halogens is 1. The van der Waals surface area contributed by atoms with E-state index in [4.69, 9.17) is 23.9 Å². The molecule has 2 aliphatic rings. The molecule has 2 fully saturated rings. The molecule has 0 spiro atoms. The van der Waals surface area contributed by atoms with Gasteiger partial charge in [-0.25, -0.2) is 4.39 Å². The summed E-state index contributed by atoms with van der Waals surface area (Å²) in [6.45, 7) is 4.33. The van der Waals surface area contributed by atoms with Gasteiger partial charge in [0.25, 0.3) is 10.1 Å². The normalized spacial score (nSPS) is 30.5. The van der Waals surface area contributed by atoms with Gasteiger partial charge in [-0.1, -0.05) is 22.8 Å². The highest BCUT2D eigenvalue weighted by atomic mass is 32.2. The number of fused-ring (bicyclic) bond motifs is 1. The van der Waals surface area contributed by atoms with Crippen LogP contribution >= 0.6 is 0 Å². The average Bonchev–Trinajstić information content (AvgIpc) is 3.06. The van der Waals surface area contributed by atoms with Gasteiger partial charge in [-0.05, 0) is 38.4 Å². The molecule has 0 bridgehead atoms. The van der Waals surface area contributed by atoms with Crippen LogP contribution < -0.4 is 0 Å². The fourth-order valence-electron chi connectivity index (χ4n) is 3.03. The maximum atomic E-state index is 14.7. The van der Waals surface area contributed by atoms with Gasteiger partial charge in [0.05, 0.1) is 10.9 Å². The minimum atomic E-state index is -4.13. The van der Waals surface area contributed by atoms with E-state index in [2.05, 4.69) is 10.0 Å². The van der Waals surface area contributed by atoms with Crippen molar-refractivity contribution in [1.29, 1.82) is 0 Å². The first-order chi connectivity index (χ1) is 12.6. The Labute approximate surface area is 156 Å². The first-order valence-corrected chi connectivity index (χ1v) is 9.69. The van der Waals surface area contributed by atoms with Gasteiger partial charge in [0.15, 0.2) is 18.2 Å². The molecule has 0 saturated carbocycles. The number of benzene rings is 1. The topological polar surface area (TPSA) is 120 Å². The summed E-state index contributed by atoms with van der Waals surface area (Å²) in [4.78, 5) is 2.63. The second kappa shape index (κ2) is 7.34. The zero-order valence-electron chi connectivity index (χ0n) is 15.0. The quantitative estimate of drug-likeness (QED) is 0.313. The maximum Gasteiger partial charge on any atom is 0.297 e. The van der Waals surface area contributed by atoms with Crippen LogP contribution in [0.25, 0.3) is 10.4 Å². The van der Waals surface area contributed by atoms with Gasteiger partial charge in [-0.15, -0.1) is 0 Å². The number of aryl methyl sites for hydroxylation is 1. The fourth-order valence-corrected chi connectivity index (χ4v) is 3.94. The Kier molecular flexibility index (Phi) is 5.44. The molecular formula is C16H20FN3O6S. The molecule has 27 heavy (non-hydrogen) atoms. The van der Waals surface area contributed by atoms with E-state index in [1.54, 1.807) is 26.0 Å². The highest BCUT2D eigenvalue weighted by Gasteiger charge is 2.56. The fraction of sp³-hybridized carbons (Fsp3) is 0.625. The molecule has 0 N–H and O–H groups in total. The summed E-state index contributed by atoms with van der Waals surface area (Å²) >= 11 is 0. The summed E-state index contributed by atoms with van der Waals surface area (Å²) < 4.78 is 60.5. The van der Waals surface area contributed by atoms with E-state index < -0.39 is 53.2 Å². The first kappa shape index (κ1) is 20.0. The van der Waals surface area contributed by atoms with Crippen LogP contribution in [-0.2, 0) is 28.5 Å². The van der Waals surface area contributed by atoms with Crippen molar-refractivity contribution >= 4 is 10.1 Å². The average molecular weight is 401 g/mol. The standard InChI is InChI=1S/C16H20FN3O6S/c1-9-4-6-10(7-5-9)27(21,22)23-8-11(17)13-12(19-20-18)14-15(24-13)26-16(2,3)25-14/h4-7,11-15H,8H2,1-3H3. The molecule has 1 aromatic rings. The molecular weight excluding hydrogens is 381 g/mol. The van der Waals surface area contributed by atoms with Crippen molar-refractivity contribution in [3.05, 3.63) is 40.3 Å². The minimum Gasteiger partial charge on any atom is -0.343 e. The lowest BCUT2D eigenvalue weighted by Gasteiger charge is -2.25. The lowest BCUT2D eigenvalue weighted by molar-refractivity contribution is -0.213. The highest BCUT2D eigenvalue weighted by Crippen LogP contribution is 2.40. The van der Waals surface area contributed by atoms with E-state index in [9.17, 15) is 12.8 Å². The Morgan fingerprint density at radius 2 is 2.00 bits per heavy atom. The van der Waals surface area contributed by atoms with Gasteiger partial charge in [0.1, 0.15) is 18.8 Å². The molecule has 0 aromatic heterocycles. The third kappa shape index (κ3) is 4.23. The lowest BCUT2D eigenvalue weighted by Crippen LogP contribution is -2.40. The number of azide groups is 1. The maximum absolute atomic E-state index is 14.7. The van der Waals surface area contributed by atoms with Crippen molar-refractivity contribution in [3.63, 3.8) is 0 Å². The van der Waals surface area contributed by atoms with Crippen molar-refractivity contribution in [2.24, 2.45) is 5.11 Å². The van der Waals surface area contributed by atoms with Crippen LogP contribution in [-0.4, -0.2) is 51.5 Å². The Morgan fingerprint density at radius 3 is 2.63 bits per heavy atom. The third-order valence-electron chi connectivity index (χ3n) is 4.29. The van der Waals surface area contributed by atoms with Gasteiger partial charge in [-0.3, -0.25) is 4.18 Å². The summed E-state index contributed by atoms with van der Waals surface area (Å²) in [6, 6.07) is 4.96. The van der Waals surface area contributed by atoms with Gasteiger partial charge < -0.3 is 14.2 Å². The summed E-state index contributed by atoms with van der Waals surface area (Å²) in [5, 5.41) is 3.55. The van der Waals surface area contributed by atoms with Crippen molar-refractivity contribution in [2.45, 2.75) is 62.2 Å². The number of rotatable bonds is 6. The van der Waals surface area contributed by atoms with Crippen LogP contribution in [0, 0.1) is 6.92 Å². The number of hydrogen-bond acceptors (Lipinski definition) is 7. The molecule has 11 heteroatoms. The second-order valence-corrected chi connectivity index (χ2v) is 8.45. The number of hydrogen-bond donors (Lipinski definition) is 0. The molecule has 9 nitrogen and oxygen atoms in total. The van der Waals surface area contributed by atoms with E-state index >= 15 is 0 Å². The molecule has 0 aliphatic carbocycles. The minimum absolute atomic E-state index is 0.0791. The van der Waals surface area contributed by atoms with Gasteiger partial charge >= 0.3 is 0 Å². The number of nitrogens with zero attached hydrogens (tertiary/aromatic N) is 3. The molecule has 148 valence electrons. The van der Waals surface area contributed by atoms with E-state index in [0.717, 1.165) is 5.56 Å². The SMILES string of the molecule is Cc1ccc(S(=O)(=O)OCC(F)C2OC3OC(C)(C)OC3C2N=[N+]=[N-])cc1. The van der Waals surface area contributed by atoms with Crippen LogP contribution in [0.4, 0.5) is 4.39 Å². The van der Waals surface area contributed by atoms with Crippen LogP contribution in [0.15, 0.2) is 34.3 Å². The second-order valence-electron chi connectivity index (χ2n) is 6.83. The number of ether oxygens (including phenoxy) is 3. The predicted molar refractivity (Wildman–Crippen MR) is 90.8 cm³/mol. The molecule has 2 saturated heterocycles. The zero-order valence-corrected chi connectivity index (χ0v) is 15.8. The van der Waals surface area contributed by atoms with Crippen LogP contribution in [0.5, 0.6) is 0 Å². The molecule has 5 atom stereocenters. The Bertz CT molecular complexity index is 840. The van der Waals surface area contributed by atoms with Crippen LogP contribution in [0.3, 0.4) is 0 Å². The lowest BCUT2D eigenvalue weighted by atomic mass is 10.1. The van der Waals surface area contributed by atoms with Gasteiger partial charge in [0, 0.05) is 4.91 Å². The van der Waals surface area contributed by atoms with E-state index in [-0.39, 0.29) is 4.90 Å². The Hall–Kier alpha value is -1.75. The third-order valence-corrected chi connectivity index (χ3v) is 5.58. The van der Waals surface area contributed by atoms with Crippen molar-refractivity contribution in [1.82, 2.24) is 0 Å². The summed E-state index contributed by atoms with van der Waals surface area (Å²) in [5.74, 6) is -0.958. The van der Waals surface area contributed by atoms with Gasteiger partial charge in [0.2, 0.25) is 0 Å². The molecule has 2 heterocycles. The van der Waals surface area contributed by atoms with E-state index in [0.29, 0.717) is 0 Å². The van der Waals surface area contributed by atoms with Crippen molar-refractivity contribution < 1.29 is 31.2 Å². The predicted octanol–water partition coefficient (Wildman–Crippen LogP) is 2.59. The molecule has 1 aromatic carbocycles. The van der Waals surface area contributed by atoms with Gasteiger partial charge in [-0.2, -0.15) is 8.42 Å². The first-order valence-electron chi connectivity index (χ1n) is 8.28. The summed E-state index contributed by atoms with van der Waals surface area (Å²) in [6.07, 6.45) is -4.82. The largest absolute Gasteiger partial charge is 0.343 e. The molecule has 3 rings (SSSR count). The monoisotopic (exact) mass is 401 g/mol. The summed E-state index contributed by atoms with van der Waals surface area (Å²) in [5.41, 5.74) is 9.64. The molecule has 0 amide bonds.